The Morgan fingerprint density at radius 3 is 2.42 bits per heavy atom. The smallest absolute Gasteiger partial charge is 0.123 e. The van der Waals surface area contributed by atoms with Gasteiger partial charge in [-0.25, -0.2) is 0 Å². The average Bonchev–Trinajstić information content (AvgIpc) is 2.05. The van der Waals surface area contributed by atoms with Crippen LogP contribution >= 0.6 is 0 Å². The van der Waals surface area contributed by atoms with Crippen molar-refractivity contribution in [1.29, 1.82) is 0 Å². The molecule has 0 aromatic rings. The maximum absolute atomic E-state index is 11.3. The molecule has 0 aromatic heterocycles. The van der Waals surface area contributed by atoms with Crippen molar-refractivity contribution in [1.82, 2.24) is 0 Å². The molecular formula is C9H19NOS. The van der Waals surface area contributed by atoms with Crippen molar-refractivity contribution in [3.8, 4) is 0 Å². The van der Waals surface area contributed by atoms with Crippen LogP contribution in [0, 0.1) is 0 Å². The fraction of sp³-hybridized carbons (Fsp3) is 1.00. The van der Waals surface area contributed by atoms with Crippen LogP contribution in [0.1, 0.15) is 39.0 Å². The minimum atomic E-state index is -0.689. The summed E-state index contributed by atoms with van der Waals surface area (Å²) in [5.74, 6) is 1.46. The van der Waals surface area contributed by atoms with E-state index in [1.807, 2.05) is 6.92 Å². The van der Waals surface area contributed by atoms with E-state index in [0.717, 1.165) is 18.6 Å². The largest absolute Gasteiger partial charge is 0.616 e. The van der Waals surface area contributed by atoms with Crippen LogP contribution in [0.5, 0.6) is 0 Å². The molecule has 1 rings (SSSR count). The first-order chi connectivity index (χ1) is 5.66. The van der Waals surface area contributed by atoms with Crippen LogP contribution in [-0.4, -0.2) is 21.6 Å². The molecule has 0 aromatic carbocycles. The Bertz CT molecular complexity index is 134. The fourth-order valence-electron chi connectivity index (χ4n) is 1.82. The van der Waals surface area contributed by atoms with E-state index in [1.54, 1.807) is 0 Å². The predicted octanol–water partition coefficient (Wildman–Crippen LogP) is 1.42. The van der Waals surface area contributed by atoms with Crippen LogP contribution in [0.15, 0.2) is 0 Å². The van der Waals surface area contributed by atoms with Gasteiger partial charge in [-0.3, -0.25) is 0 Å². The van der Waals surface area contributed by atoms with Gasteiger partial charge < -0.3 is 10.3 Å². The third-order valence-electron chi connectivity index (χ3n) is 2.62. The fourth-order valence-corrected chi connectivity index (χ4v) is 2.96. The second kappa shape index (κ2) is 4.49. The Kier molecular flexibility index (Phi) is 3.87. The van der Waals surface area contributed by atoms with Gasteiger partial charge in [0.1, 0.15) is 11.5 Å². The number of nitrogens with two attached hydrogens (primary N) is 1. The third-order valence-corrected chi connectivity index (χ3v) is 4.16. The molecule has 1 atom stereocenters. The van der Waals surface area contributed by atoms with E-state index in [0.29, 0.717) is 5.75 Å². The minimum Gasteiger partial charge on any atom is -0.616 e. The van der Waals surface area contributed by atoms with Crippen molar-refractivity contribution in [2.24, 2.45) is 5.73 Å². The monoisotopic (exact) mass is 189 g/mol. The van der Waals surface area contributed by atoms with Crippen LogP contribution in [0.2, 0.25) is 0 Å². The zero-order chi connectivity index (χ0) is 9.03. The van der Waals surface area contributed by atoms with Crippen molar-refractivity contribution in [3.05, 3.63) is 0 Å². The lowest BCUT2D eigenvalue weighted by Gasteiger charge is -2.32. The van der Waals surface area contributed by atoms with Gasteiger partial charge in [-0.15, -0.1) is 0 Å². The summed E-state index contributed by atoms with van der Waals surface area (Å²) in [5.41, 5.74) is 6.04. The second-order valence-corrected chi connectivity index (χ2v) is 5.54. The van der Waals surface area contributed by atoms with Crippen molar-refractivity contribution in [2.75, 3.05) is 11.5 Å². The molecule has 1 aliphatic carbocycles. The van der Waals surface area contributed by atoms with Gasteiger partial charge >= 0.3 is 0 Å². The van der Waals surface area contributed by atoms with Crippen molar-refractivity contribution < 1.29 is 4.55 Å². The van der Waals surface area contributed by atoms with Gasteiger partial charge in [-0.2, -0.15) is 0 Å². The highest BCUT2D eigenvalue weighted by molar-refractivity contribution is 7.91. The molecule has 2 nitrogen and oxygen atoms in total. The molecule has 12 heavy (non-hydrogen) atoms. The Labute approximate surface area is 78.1 Å². The highest BCUT2D eigenvalue weighted by Gasteiger charge is 2.31. The summed E-state index contributed by atoms with van der Waals surface area (Å²) in [6.45, 7) is 1.96. The molecule has 3 heteroatoms. The van der Waals surface area contributed by atoms with Crippen LogP contribution in [0.25, 0.3) is 0 Å². The lowest BCUT2D eigenvalue weighted by Crippen LogP contribution is -2.48. The van der Waals surface area contributed by atoms with E-state index in [1.165, 1.54) is 19.3 Å². The van der Waals surface area contributed by atoms with Crippen molar-refractivity contribution in [3.63, 3.8) is 0 Å². The van der Waals surface area contributed by atoms with Crippen molar-refractivity contribution in [2.45, 2.75) is 44.6 Å². The van der Waals surface area contributed by atoms with Gasteiger partial charge in [0.2, 0.25) is 0 Å². The molecule has 1 fully saturated rings. The van der Waals surface area contributed by atoms with Crippen LogP contribution in [0.4, 0.5) is 0 Å². The second-order valence-electron chi connectivity index (χ2n) is 3.80. The Hall–Kier alpha value is 0.270. The molecular weight excluding hydrogens is 170 g/mol. The van der Waals surface area contributed by atoms with Crippen molar-refractivity contribution >= 4 is 11.2 Å². The summed E-state index contributed by atoms with van der Waals surface area (Å²) in [7, 11) is 0. The molecule has 0 amide bonds. The van der Waals surface area contributed by atoms with E-state index in [9.17, 15) is 4.55 Å². The number of hydrogen-bond donors (Lipinski definition) is 1. The maximum Gasteiger partial charge on any atom is 0.123 e. The molecule has 2 N–H and O–H groups in total. The molecule has 0 heterocycles. The van der Waals surface area contributed by atoms with Gasteiger partial charge in [0, 0.05) is 0 Å². The lowest BCUT2D eigenvalue weighted by molar-refractivity contribution is 0.324. The van der Waals surface area contributed by atoms with Gasteiger partial charge in [0.05, 0.1) is 5.54 Å². The van der Waals surface area contributed by atoms with E-state index in [4.69, 9.17) is 5.73 Å². The molecule has 72 valence electrons. The van der Waals surface area contributed by atoms with E-state index >= 15 is 0 Å². The summed E-state index contributed by atoms with van der Waals surface area (Å²) >= 11 is -0.689. The average molecular weight is 189 g/mol. The molecule has 0 bridgehead atoms. The summed E-state index contributed by atoms with van der Waals surface area (Å²) < 4.78 is 11.3. The summed E-state index contributed by atoms with van der Waals surface area (Å²) in [5, 5.41) is 0. The quantitative estimate of drug-likeness (QED) is 0.683. The molecule has 1 saturated carbocycles. The molecule has 1 aliphatic rings. The topological polar surface area (TPSA) is 49.1 Å². The zero-order valence-corrected chi connectivity index (χ0v) is 8.66. The first-order valence-electron chi connectivity index (χ1n) is 4.80. The summed E-state index contributed by atoms with van der Waals surface area (Å²) in [6.07, 6.45) is 5.88. The first kappa shape index (κ1) is 10.4. The standard InChI is InChI=1S/C9H19NOS/c1-2-12(11)8-9(10)6-4-3-5-7-9/h2-8,10H2,1H3. The Morgan fingerprint density at radius 2 is 1.92 bits per heavy atom. The van der Waals surface area contributed by atoms with E-state index in [2.05, 4.69) is 0 Å². The maximum atomic E-state index is 11.3. The summed E-state index contributed by atoms with van der Waals surface area (Å²) in [4.78, 5) is 0. The minimum absolute atomic E-state index is 0.0981. The molecule has 0 radical (unpaired) electrons. The highest BCUT2D eigenvalue weighted by atomic mass is 32.2. The first-order valence-corrected chi connectivity index (χ1v) is 6.29. The molecule has 1 unspecified atom stereocenters. The molecule has 0 saturated heterocycles. The van der Waals surface area contributed by atoms with Gasteiger partial charge in [-0.1, -0.05) is 30.4 Å². The van der Waals surface area contributed by atoms with Crippen LogP contribution < -0.4 is 5.73 Å². The third kappa shape index (κ3) is 2.96. The molecule has 0 spiro atoms. The normalized spacial score (nSPS) is 25.2. The SMILES string of the molecule is CC[S+]([O-])CC1(N)CCCCC1. The van der Waals surface area contributed by atoms with Crippen LogP contribution in [0.3, 0.4) is 0 Å². The highest BCUT2D eigenvalue weighted by Crippen LogP contribution is 2.27. The Balaban J connectivity index is 2.35. The zero-order valence-electron chi connectivity index (χ0n) is 7.84. The van der Waals surface area contributed by atoms with Gasteiger partial charge in [-0.05, 0) is 19.8 Å². The molecule has 0 aliphatic heterocycles. The Morgan fingerprint density at radius 1 is 1.33 bits per heavy atom. The van der Waals surface area contributed by atoms with Gasteiger partial charge in [0.25, 0.3) is 0 Å². The summed E-state index contributed by atoms with van der Waals surface area (Å²) in [6, 6.07) is 0. The van der Waals surface area contributed by atoms with Gasteiger partial charge in [0.15, 0.2) is 0 Å². The number of rotatable bonds is 3. The van der Waals surface area contributed by atoms with E-state index in [-0.39, 0.29) is 5.54 Å². The predicted molar refractivity (Wildman–Crippen MR) is 53.6 cm³/mol. The lowest BCUT2D eigenvalue weighted by atomic mass is 9.84. The number of hydrogen-bond acceptors (Lipinski definition) is 2. The van der Waals surface area contributed by atoms with Crippen LogP contribution in [-0.2, 0) is 11.2 Å². The van der Waals surface area contributed by atoms with E-state index < -0.39 is 11.2 Å².